The van der Waals surface area contributed by atoms with Crippen molar-refractivity contribution in [3.8, 4) is 0 Å². The Bertz CT molecular complexity index is 1580. The summed E-state index contributed by atoms with van der Waals surface area (Å²) in [7, 11) is 0. The lowest BCUT2D eigenvalue weighted by Gasteiger charge is -2.21. The molecular formula is C35H48N4O9. The Hall–Kier alpha value is -4.55. The molecule has 3 unspecified atom stereocenters. The number of esters is 1. The molecule has 1 aromatic heterocycles. The van der Waals surface area contributed by atoms with Crippen LogP contribution in [0.15, 0.2) is 33.5 Å². The number of anilines is 1. The first-order chi connectivity index (χ1) is 22.6. The van der Waals surface area contributed by atoms with Crippen LogP contribution >= 0.6 is 0 Å². The van der Waals surface area contributed by atoms with Gasteiger partial charge in [0.15, 0.2) is 0 Å². The minimum atomic E-state index is -0.857. The van der Waals surface area contributed by atoms with Crippen LogP contribution in [0.25, 0.3) is 11.0 Å². The molecule has 1 aliphatic heterocycles. The molecule has 1 fully saturated rings. The average Bonchev–Trinajstić information content (AvgIpc) is 3.30. The molecule has 0 spiro atoms. The lowest BCUT2D eigenvalue weighted by molar-refractivity contribution is -0.152. The highest BCUT2D eigenvalue weighted by atomic mass is 16.5. The zero-order valence-electron chi connectivity index (χ0n) is 28.8. The van der Waals surface area contributed by atoms with Gasteiger partial charge in [-0.1, -0.05) is 48.0 Å². The van der Waals surface area contributed by atoms with Gasteiger partial charge >= 0.3 is 11.6 Å². The van der Waals surface area contributed by atoms with Gasteiger partial charge in [0.05, 0.1) is 18.0 Å². The lowest BCUT2D eigenvalue weighted by Crippen LogP contribution is -2.51. The van der Waals surface area contributed by atoms with Crippen molar-refractivity contribution in [2.75, 3.05) is 18.4 Å². The molecule has 13 nitrogen and oxygen atoms in total. The van der Waals surface area contributed by atoms with Gasteiger partial charge in [-0.15, -0.1) is 0 Å². The third kappa shape index (κ3) is 10.2. The maximum atomic E-state index is 12.9. The summed E-state index contributed by atoms with van der Waals surface area (Å²) in [4.78, 5) is 88.6. The molecule has 0 aliphatic carbocycles. The standard InChI is InChI=1S/C35H48N4O9/c1-19(2)25-17-30(42)39(33(25)44)14-10-8-9-11-28(40)38-31(20(3)4)32(43)36-18-29(41)37-24-13-12-23-15-26(35(46)48-27(23)16-24)22(7)47-34(45)21(5)6/h12-13,15-16,19-22,25,31H,8-11,14,17-18H2,1-7H3,(H,36,43)(H,37,41)(H,38,40). The molecule has 5 amide bonds. The zero-order valence-corrected chi connectivity index (χ0v) is 28.8. The molecule has 1 aliphatic rings. The second-order valence-electron chi connectivity index (χ2n) is 13.3. The average molecular weight is 669 g/mol. The molecule has 48 heavy (non-hydrogen) atoms. The number of likely N-dealkylation sites (tertiary alicyclic amines) is 1. The predicted octanol–water partition coefficient (Wildman–Crippen LogP) is 3.84. The molecule has 262 valence electrons. The highest BCUT2D eigenvalue weighted by molar-refractivity contribution is 6.03. The smallest absolute Gasteiger partial charge is 0.343 e. The van der Waals surface area contributed by atoms with Gasteiger partial charge < -0.3 is 25.1 Å². The van der Waals surface area contributed by atoms with Crippen molar-refractivity contribution in [3.05, 3.63) is 40.2 Å². The maximum absolute atomic E-state index is 12.9. The van der Waals surface area contributed by atoms with Gasteiger partial charge in [0.1, 0.15) is 17.7 Å². The Morgan fingerprint density at radius 1 is 0.938 bits per heavy atom. The van der Waals surface area contributed by atoms with Gasteiger partial charge in [0.2, 0.25) is 29.5 Å². The molecule has 3 atom stereocenters. The van der Waals surface area contributed by atoms with Gasteiger partial charge in [0.25, 0.3) is 0 Å². The molecule has 2 aromatic rings. The Morgan fingerprint density at radius 2 is 1.65 bits per heavy atom. The van der Waals surface area contributed by atoms with Crippen molar-refractivity contribution >= 4 is 52.2 Å². The second kappa shape index (κ2) is 17.0. The van der Waals surface area contributed by atoms with E-state index in [0.29, 0.717) is 36.9 Å². The molecule has 13 heteroatoms. The minimum absolute atomic E-state index is 0.112. The topological polar surface area (TPSA) is 181 Å². The minimum Gasteiger partial charge on any atom is -0.457 e. The summed E-state index contributed by atoms with van der Waals surface area (Å²) in [6.07, 6.45) is 1.40. The van der Waals surface area contributed by atoms with Crippen molar-refractivity contribution in [3.63, 3.8) is 0 Å². The highest BCUT2D eigenvalue weighted by Gasteiger charge is 2.39. The van der Waals surface area contributed by atoms with Gasteiger partial charge in [-0.25, -0.2) is 4.79 Å². The van der Waals surface area contributed by atoms with Gasteiger partial charge in [-0.3, -0.25) is 33.7 Å². The quantitative estimate of drug-likeness (QED) is 0.104. The predicted molar refractivity (Wildman–Crippen MR) is 178 cm³/mol. The molecule has 1 saturated heterocycles. The summed E-state index contributed by atoms with van der Waals surface area (Å²) in [5.74, 6) is -2.79. The Balaban J connectivity index is 1.45. The Labute approximate surface area is 280 Å². The van der Waals surface area contributed by atoms with Crippen LogP contribution in [0.1, 0.15) is 92.2 Å². The largest absolute Gasteiger partial charge is 0.457 e. The monoisotopic (exact) mass is 668 g/mol. The van der Waals surface area contributed by atoms with Crippen LogP contribution in [0, 0.1) is 23.7 Å². The van der Waals surface area contributed by atoms with E-state index in [-0.39, 0.29) is 71.9 Å². The number of carbonyl (C=O) groups is 6. The summed E-state index contributed by atoms with van der Waals surface area (Å²) in [5, 5.41) is 8.51. The zero-order chi connectivity index (χ0) is 35.7. The number of carbonyl (C=O) groups excluding carboxylic acids is 6. The number of benzene rings is 1. The van der Waals surface area contributed by atoms with Gasteiger partial charge in [-0.2, -0.15) is 0 Å². The fraction of sp³-hybridized carbons (Fsp3) is 0.571. The lowest BCUT2D eigenvalue weighted by atomic mass is 9.94. The summed E-state index contributed by atoms with van der Waals surface area (Å²) >= 11 is 0. The molecule has 3 N–H and O–H groups in total. The summed E-state index contributed by atoms with van der Waals surface area (Å²) in [5.41, 5.74) is 0.0756. The Kier molecular flexibility index (Phi) is 13.4. The van der Waals surface area contributed by atoms with E-state index < -0.39 is 35.6 Å². The molecule has 1 aromatic carbocycles. The number of unbranched alkanes of at least 4 members (excludes halogenated alkanes) is 2. The summed E-state index contributed by atoms with van der Waals surface area (Å²) < 4.78 is 10.7. The van der Waals surface area contributed by atoms with E-state index in [1.807, 2.05) is 13.8 Å². The van der Waals surface area contributed by atoms with Crippen LogP contribution in [0.5, 0.6) is 0 Å². The number of nitrogens with one attached hydrogen (secondary N) is 3. The van der Waals surface area contributed by atoms with E-state index in [4.69, 9.17) is 9.15 Å². The summed E-state index contributed by atoms with van der Waals surface area (Å²) in [6.45, 7) is 12.4. The van der Waals surface area contributed by atoms with Gasteiger partial charge in [-0.05, 0) is 49.8 Å². The number of hydrogen-bond donors (Lipinski definition) is 3. The first-order valence-corrected chi connectivity index (χ1v) is 16.6. The number of amides is 5. The van der Waals surface area contributed by atoms with Crippen LogP contribution in [-0.4, -0.2) is 59.5 Å². The van der Waals surface area contributed by atoms with Crippen LogP contribution in [0.4, 0.5) is 5.69 Å². The first kappa shape index (κ1) is 37.9. The molecule has 0 saturated carbocycles. The van der Waals surface area contributed by atoms with E-state index in [9.17, 15) is 33.6 Å². The fourth-order valence-corrected chi connectivity index (χ4v) is 5.32. The number of hydrogen-bond acceptors (Lipinski definition) is 9. The molecule has 3 rings (SSSR count). The van der Waals surface area contributed by atoms with Crippen molar-refractivity contribution in [2.45, 2.75) is 92.7 Å². The molecule has 0 radical (unpaired) electrons. The van der Waals surface area contributed by atoms with Crippen molar-refractivity contribution in [1.82, 2.24) is 15.5 Å². The molecular weight excluding hydrogens is 620 g/mol. The Morgan fingerprint density at radius 3 is 2.27 bits per heavy atom. The SMILES string of the molecule is CC(C)C(=O)OC(C)c1cc2ccc(NC(=O)CNC(=O)C(NC(=O)CCCCCN3C(=O)CC(C(C)C)C3=O)C(C)C)cc2oc1=O. The van der Waals surface area contributed by atoms with Crippen LogP contribution in [-0.2, 0) is 33.5 Å². The number of rotatable bonds is 16. The van der Waals surface area contributed by atoms with Crippen LogP contribution in [0.3, 0.4) is 0 Å². The van der Waals surface area contributed by atoms with Crippen LogP contribution in [0.2, 0.25) is 0 Å². The number of fused-ring (bicyclic) bond motifs is 1. The molecule has 0 bridgehead atoms. The fourth-order valence-electron chi connectivity index (χ4n) is 5.32. The van der Waals surface area contributed by atoms with Crippen molar-refractivity contribution in [1.29, 1.82) is 0 Å². The van der Waals surface area contributed by atoms with E-state index in [0.717, 1.165) is 0 Å². The number of nitrogens with zero attached hydrogens (tertiary/aromatic N) is 1. The van der Waals surface area contributed by atoms with Crippen LogP contribution < -0.4 is 21.6 Å². The number of imide groups is 1. The third-order valence-electron chi connectivity index (χ3n) is 8.31. The van der Waals surface area contributed by atoms with Gasteiger partial charge in [0, 0.05) is 42.4 Å². The maximum Gasteiger partial charge on any atom is 0.343 e. The van der Waals surface area contributed by atoms with E-state index in [1.165, 1.54) is 11.0 Å². The van der Waals surface area contributed by atoms with E-state index in [2.05, 4.69) is 16.0 Å². The van der Waals surface area contributed by atoms with Crippen molar-refractivity contribution < 1.29 is 37.9 Å². The molecule has 2 heterocycles. The van der Waals surface area contributed by atoms with Crippen molar-refractivity contribution in [2.24, 2.45) is 23.7 Å². The second-order valence-corrected chi connectivity index (χ2v) is 13.3. The third-order valence-corrected chi connectivity index (χ3v) is 8.31. The normalized spacial score (nSPS) is 16.0. The number of ether oxygens (including phenoxy) is 1. The first-order valence-electron chi connectivity index (χ1n) is 16.6. The van der Waals surface area contributed by atoms with E-state index in [1.54, 1.807) is 52.8 Å². The highest BCUT2D eigenvalue weighted by Crippen LogP contribution is 2.27. The van der Waals surface area contributed by atoms with E-state index >= 15 is 0 Å². The summed E-state index contributed by atoms with van der Waals surface area (Å²) in [6, 6.07) is 5.45.